The molecule has 23 heavy (non-hydrogen) atoms. The molecular formula is C17H30IN5. The highest BCUT2D eigenvalue weighted by Crippen LogP contribution is 2.18. The fourth-order valence-electron chi connectivity index (χ4n) is 2.76. The molecule has 2 rings (SSSR count). The highest BCUT2D eigenvalue weighted by Gasteiger charge is 2.13. The summed E-state index contributed by atoms with van der Waals surface area (Å²) in [7, 11) is 3.93. The van der Waals surface area contributed by atoms with Gasteiger partial charge in [-0.15, -0.1) is 24.0 Å². The van der Waals surface area contributed by atoms with Gasteiger partial charge in [-0.1, -0.05) is 13.3 Å². The summed E-state index contributed by atoms with van der Waals surface area (Å²) >= 11 is 0. The van der Waals surface area contributed by atoms with Crippen LogP contribution in [-0.2, 0) is 6.54 Å². The molecule has 0 radical (unpaired) electrons. The maximum absolute atomic E-state index is 4.50. The monoisotopic (exact) mass is 431 g/mol. The van der Waals surface area contributed by atoms with Gasteiger partial charge in [-0.2, -0.15) is 0 Å². The van der Waals surface area contributed by atoms with Gasteiger partial charge in [0.2, 0.25) is 0 Å². The van der Waals surface area contributed by atoms with Crippen molar-refractivity contribution in [1.82, 2.24) is 15.2 Å². The van der Waals surface area contributed by atoms with Crippen LogP contribution in [0.4, 0.5) is 5.82 Å². The van der Waals surface area contributed by atoms with Crippen molar-refractivity contribution in [3.8, 4) is 0 Å². The van der Waals surface area contributed by atoms with Crippen LogP contribution >= 0.6 is 24.0 Å². The molecule has 0 amide bonds. The van der Waals surface area contributed by atoms with Crippen molar-refractivity contribution in [2.24, 2.45) is 4.99 Å². The van der Waals surface area contributed by atoms with E-state index < -0.39 is 0 Å². The minimum atomic E-state index is 0. The van der Waals surface area contributed by atoms with Crippen LogP contribution in [0.15, 0.2) is 23.3 Å². The molecule has 1 fully saturated rings. The maximum atomic E-state index is 4.50. The Morgan fingerprint density at radius 2 is 2.13 bits per heavy atom. The summed E-state index contributed by atoms with van der Waals surface area (Å²) in [4.78, 5) is 13.4. The minimum Gasteiger partial charge on any atom is -0.357 e. The maximum Gasteiger partial charge on any atom is 0.193 e. The van der Waals surface area contributed by atoms with Crippen molar-refractivity contribution in [1.29, 1.82) is 0 Å². The van der Waals surface area contributed by atoms with Crippen molar-refractivity contribution in [2.45, 2.75) is 39.2 Å². The zero-order valence-electron chi connectivity index (χ0n) is 14.6. The van der Waals surface area contributed by atoms with E-state index in [1.165, 1.54) is 31.2 Å². The number of nitrogens with one attached hydrogen (secondary N) is 1. The van der Waals surface area contributed by atoms with Crippen LogP contribution in [0.2, 0.25) is 0 Å². The van der Waals surface area contributed by atoms with Gasteiger partial charge < -0.3 is 15.1 Å². The molecule has 1 saturated heterocycles. The first-order chi connectivity index (χ1) is 10.7. The fourth-order valence-corrected chi connectivity index (χ4v) is 2.76. The third-order valence-electron chi connectivity index (χ3n) is 4.11. The average Bonchev–Trinajstić information content (AvgIpc) is 3.08. The minimum absolute atomic E-state index is 0. The number of hydrogen-bond acceptors (Lipinski definition) is 3. The van der Waals surface area contributed by atoms with Gasteiger partial charge in [0.1, 0.15) is 5.82 Å². The van der Waals surface area contributed by atoms with E-state index >= 15 is 0 Å². The lowest BCUT2D eigenvalue weighted by Crippen LogP contribution is -2.39. The first-order valence-corrected chi connectivity index (χ1v) is 8.36. The number of hydrogen-bond donors (Lipinski definition) is 1. The Morgan fingerprint density at radius 1 is 1.39 bits per heavy atom. The molecule has 0 saturated carbocycles. The van der Waals surface area contributed by atoms with Crippen LogP contribution in [0.25, 0.3) is 0 Å². The summed E-state index contributed by atoms with van der Waals surface area (Å²) in [6.45, 7) is 6.29. The molecule has 5 nitrogen and oxygen atoms in total. The molecule has 0 aromatic carbocycles. The fraction of sp³-hybridized carbons (Fsp3) is 0.647. The first kappa shape index (κ1) is 20.0. The Kier molecular flexibility index (Phi) is 9.28. The summed E-state index contributed by atoms with van der Waals surface area (Å²) in [6.07, 6.45) is 6.85. The van der Waals surface area contributed by atoms with Gasteiger partial charge in [0.25, 0.3) is 0 Å². The molecule has 6 heteroatoms. The molecule has 1 N–H and O–H groups in total. The SMILES string of the molecule is CCCCN(C)C(=NC)NCc1ccnc(N2CCCC2)c1.I. The lowest BCUT2D eigenvalue weighted by atomic mass is 10.2. The number of nitrogens with zero attached hydrogens (tertiary/aromatic N) is 4. The zero-order chi connectivity index (χ0) is 15.8. The molecule has 1 aromatic heterocycles. The first-order valence-electron chi connectivity index (χ1n) is 8.36. The van der Waals surface area contributed by atoms with Gasteiger partial charge in [-0.05, 0) is 37.0 Å². The largest absolute Gasteiger partial charge is 0.357 e. The average molecular weight is 431 g/mol. The van der Waals surface area contributed by atoms with Crippen molar-refractivity contribution >= 4 is 35.8 Å². The number of rotatable bonds is 6. The zero-order valence-corrected chi connectivity index (χ0v) is 16.9. The third kappa shape index (κ3) is 6.16. The quantitative estimate of drug-likeness (QED) is 0.427. The number of aromatic nitrogens is 1. The molecule has 1 aliphatic heterocycles. The highest BCUT2D eigenvalue weighted by atomic mass is 127. The Labute approximate surface area is 157 Å². The number of guanidine groups is 1. The predicted molar refractivity (Wildman–Crippen MR) is 109 cm³/mol. The van der Waals surface area contributed by atoms with Gasteiger partial charge >= 0.3 is 0 Å². The number of unbranched alkanes of at least 4 members (excludes halogenated alkanes) is 1. The van der Waals surface area contributed by atoms with E-state index in [9.17, 15) is 0 Å². The summed E-state index contributed by atoms with van der Waals surface area (Å²) in [5, 5.41) is 3.44. The van der Waals surface area contributed by atoms with E-state index in [4.69, 9.17) is 0 Å². The van der Waals surface area contributed by atoms with Crippen LogP contribution in [0, 0.1) is 0 Å². The van der Waals surface area contributed by atoms with E-state index in [0.29, 0.717) is 0 Å². The number of anilines is 1. The number of aliphatic imine (C=N–C) groups is 1. The Bertz CT molecular complexity index is 486. The van der Waals surface area contributed by atoms with Crippen LogP contribution in [-0.4, -0.2) is 49.6 Å². The van der Waals surface area contributed by atoms with E-state index in [0.717, 1.165) is 38.0 Å². The summed E-state index contributed by atoms with van der Waals surface area (Å²) in [6, 6.07) is 4.27. The molecule has 2 heterocycles. The van der Waals surface area contributed by atoms with Crippen molar-refractivity contribution in [3.05, 3.63) is 23.9 Å². The van der Waals surface area contributed by atoms with E-state index in [2.05, 4.69) is 51.2 Å². The van der Waals surface area contributed by atoms with E-state index in [1.54, 1.807) is 0 Å². The number of pyridine rings is 1. The lowest BCUT2D eigenvalue weighted by Gasteiger charge is -2.22. The van der Waals surface area contributed by atoms with Gasteiger partial charge in [-0.25, -0.2) is 4.98 Å². The summed E-state index contributed by atoms with van der Waals surface area (Å²) in [5.74, 6) is 2.05. The smallest absolute Gasteiger partial charge is 0.193 e. The van der Waals surface area contributed by atoms with Gasteiger partial charge in [0, 0.05) is 46.5 Å². The van der Waals surface area contributed by atoms with Crippen LogP contribution in [0.1, 0.15) is 38.2 Å². The summed E-state index contributed by atoms with van der Waals surface area (Å²) in [5.41, 5.74) is 1.25. The molecule has 0 atom stereocenters. The molecular weight excluding hydrogens is 401 g/mol. The second-order valence-corrected chi connectivity index (χ2v) is 5.89. The molecule has 0 unspecified atom stereocenters. The Hall–Kier alpha value is -1.05. The van der Waals surface area contributed by atoms with Crippen LogP contribution < -0.4 is 10.2 Å². The van der Waals surface area contributed by atoms with Crippen LogP contribution in [0.3, 0.4) is 0 Å². The second kappa shape index (κ2) is 10.7. The van der Waals surface area contributed by atoms with Crippen molar-refractivity contribution in [3.63, 3.8) is 0 Å². The summed E-state index contributed by atoms with van der Waals surface area (Å²) < 4.78 is 0. The van der Waals surface area contributed by atoms with Crippen LogP contribution in [0.5, 0.6) is 0 Å². The second-order valence-electron chi connectivity index (χ2n) is 5.89. The molecule has 0 bridgehead atoms. The molecule has 0 spiro atoms. The van der Waals surface area contributed by atoms with E-state index in [-0.39, 0.29) is 24.0 Å². The van der Waals surface area contributed by atoms with Crippen molar-refractivity contribution < 1.29 is 0 Å². The highest BCUT2D eigenvalue weighted by molar-refractivity contribution is 14.0. The Morgan fingerprint density at radius 3 is 2.78 bits per heavy atom. The normalized spacial score (nSPS) is 14.6. The van der Waals surface area contributed by atoms with E-state index in [1.807, 2.05) is 13.2 Å². The van der Waals surface area contributed by atoms with Gasteiger partial charge in [0.05, 0.1) is 0 Å². The molecule has 130 valence electrons. The molecule has 1 aromatic rings. The standard InChI is InChI=1S/C17H29N5.HI/c1-4-5-10-21(3)17(18-2)20-14-15-8-9-19-16(13-15)22-11-6-7-12-22;/h8-9,13H,4-7,10-12,14H2,1-3H3,(H,18,20);1H. The van der Waals surface area contributed by atoms with Gasteiger partial charge in [0.15, 0.2) is 5.96 Å². The topological polar surface area (TPSA) is 43.8 Å². The lowest BCUT2D eigenvalue weighted by molar-refractivity contribution is 0.464. The molecule has 0 aliphatic carbocycles. The molecule has 1 aliphatic rings. The number of halogens is 1. The van der Waals surface area contributed by atoms with Crippen molar-refractivity contribution in [2.75, 3.05) is 38.6 Å². The predicted octanol–water partition coefficient (Wildman–Crippen LogP) is 3.11. The van der Waals surface area contributed by atoms with Gasteiger partial charge in [-0.3, -0.25) is 4.99 Å². The Balaban J connectivity index is 0.00000264. The third-order valence-corrected chi connectivity index (χ3v) is 4.11.